The second-order valence-corrected chi connectivity index (χ2v) is 9.84. The lowest BCUT2D eigenvalue weighted by Gasteiger charge is -2.11. The van der Waals surface area contributed by atoms with Crippen LogP contribution in [0, 0.1) is 6.92 Å². The first-order valence-electron chi connectivity index (χ1n) is 10.4. The third-order valence-electron chi connectivity index (χ3n) is 5.20. The molecule has 0 radical (unpaired) electrons. The summed E-state index contributed by atoms with van der Waals surface area (Å²) >= 11 is 3.10. The number of thioether (sulfide) groups is 1. The van der Waals surface area contributed by atoms with Crippen LogP contribution < -0.4 is 5.32 Å². The number of nitrogens with zero attached hydrogens (tertiary/aromatic N) is 4. The second-order valence-electron chi connectivity index (χ2n) is 7.44. The van der Waals surface area contributed by atoms with Crippen LogP contribution in [0.25, 0.3) is 11.0 Å². The Morgan fingerprint density at radius 3 is 2.70 bits per heavy atom. The number of aromatic nitrogens is 4. The molecule has 166 valence electrons. The second kappa shape index (κ2) is 9.60. The average molecular weight is 476 g/mol. The number of para-hydroxylation sites is 1. The lowest BCUT2D eigenvalue weighted by Crippen LogP contribution is -2.24. The van der Waals surface area contributed by atoms with E-state index in [0.717, 1.165) is 31.4 Å². The molecule has 33 heavy (non-hydrogen) atoms. The molecule has 0 unspecified atom stereocenters. The van der Waals surface area contributed by atoms with Gasteiger partial charge in [-0.15, -0.1) is 10.2 Å². The van der Waals surface area contributed by atoms with Gasteiger partial charge in [0, 0.05) is 35.6 Å². The Kier molecular flexibility index (Phi) is 6.23. The molecule has 0 aliphatic rings. The fraction of sp³-hybridized carbons (Fsp3) is 0.167. The first kappa shape index (κ1) is 21.4. The van der Waals surface area contributed by atoms with Crippen LogP contribution in [0.5, 0.6) is 0 Å². The third kappa shape index (κ3) is 4.84. The number of aryl methyl sites for hydroxylation is 1. The fourth-order valence-electron chi connectivity index (χ4n) is 3.60. The highest BCUT2D eigenvalue weighted by Crippen LogP contribution is 2.33. The van der Waals surface area contributed by atoms with E-state index in [-0.39, 0.29) is 5.91 Å². The summed E-state index contributed by atoms with van der Waals surface area (Å²) in [7, 11) is 0. The Morgan fingerprint density at radius 1 is 1.09 bits per heavy atom. The number of furan rings is 1. The van der Waals surface area contributed by atoms with Crippen molar-refractivity contribution in [2.75, 3.05) is 0 Å². The van der Waals surface area contributed by atoms with Crippen LogP contribution in [-0.4, -0.2) is 25.9 Å². The molecule has 5 aromatic rings. The maximum absolute atomic E-state index is 13.2. The van der Waals surface area contributed by atoms with Crippen LogP contribution in [0.1, 0.15) is 32.3 Å². The van der Waals surface area contributed by atoms with E-state index in [9.17, 15) is 4.79 Å². The minimum atomic E-state index is -0.232. The highest BCUT2D eigenvalue weighted by atomic mass is 32.2. The van der Waals surface area contributed by atoms with E-state index in [1.807, 2.05) is 66.3 Å². The van der Waals surface area contributed by atoms with Gasteiger partial charge in [-0.3, -0.25) is 9.48 Å². The van der Waals surface area contributed by atoms with Gasteiger partial charge in [-0.1, -0.05) is 65.6 Å². The van der Waals surface area contributed by atoms with Gasteiger partial charge in [0.25, 0.3) is 5.91 Å². The maximum atomic E-state index is 13.2. The monoisotopic (exact) mass is 475 g/mol. The number of nitrogens with one attached hydrogen (secondary N) is 1. The number of hydrogen-bond donors (Lipinski definition) is 1. The first-order chi connectivity index (χ1) is 16.2. The summed E-state index contributed by atoms with van der Waals surface area (Å²) in [6.45, 7) is 2.97. The van der Waals surface area contributed by atoms with Crippen molar-refractivity contribution in [2.24, 2.45) is 0 Å². The largest absolute Gasteiger partial charge is 0.451 e. The Hall–Kier alpha value is -3.43. The molecular weight excluding hydrogens is 454 g/mol. The number of rotatable bonds is 8. The van der Waals surface area contributed by atoms with Gasteiger partial charge in [0.2, 0.25) is 0 Å². The van der Waals surface area contributed by atoms with Crippen molar-refractivity contribution in [3.63, 3.8) is 0 Å². The number of fused-ring (bicyclic) bond motifs is 1. The molecule has 0 saturated carbocycles. The third-order valence-corrected chi connectivity index (χ3v) is 7.20. The quantitative estimate of drug-likeness (QED) is 0.316. The zero-order valence-corrected chi connectivity index (χ0v) is 19.5. The van der Waals surface area contributed by atoms with Gasteiger partial charge in [-0.25, -0.2) is 0 Å². The fourth-order valence-corrected chi connectivity index (χ4v) is 5.45. The zero-order chi connectivity index (χ0) is 22.6. The molecule has 7 nitrogen and oxygen atoms in total. The topological polar surface area (TPSA) is 85.8 Å². The van der Waals surface area contributed by atoms with Gasteiger partial charge in [-0.05, 0) is 30.2 Å². The number of benzene rings is 2. The molecule has 5 rings (SSSR count). The van der Waals surface area contributed by atoms with Crippen molar-refractivity contribution >= 4 is 40.0 Å². The normalized spacial score (nSPS) is 11.2. The Bertz CT molecular complexity index is 1390. The van der Waals surface area contributed by atoms with Crippen molar-refractivity contribution < 1.29 is 9.21 Å². The van der Waals surface area contributed by atoms with Crippen molar-refractivity contribution in [1.82, 2.24) is 25.3 Å². The molecule has 0 spiro atoms. The number of carbonyl (C=O) groups excluding carboxylic acids is 1. The van der Waals surface area contributed by atoms with Crippen LogP contribution in [0.3, 0.4) is 0 Å². The van der Waals surface area contributed by atoms with E-state index in [1.165, 1.54) is 0 Å². The predicted molar refractivity (Wildman–Crippen MR) is 129 cm³/mol. The molecule has 0 saturated heterocycles. The van der Waals surface area contributed by atoms with Gasteiger partial charge in [-0.2, -0.15) is 5.10 Å². The lowest BCUT2D eigenvalue weighted by atomic mass is 10.1. The molecule has 3 aromatic heterocycles. The molecule has 0 aliphatic heterocycles. The minimum Gasteiger partial charge on any atom is -0.451 e. The number of carbonyl (C=O) groups is 1. The molecule has 3 heterocycles. The van der Waals surface area contributed by atoms with E-state index >= 15 is 0 Å². The van der Waals surface area contributed by atoms with Crippen molar-refractivity contribution in [3.8, 4) is 0 Å². The van der Waals surface area contributed by atoms with E-state index < -0.39 is 0 Å². The van der Waals surface area contributed by atoms with Gasteiger partial charge in [0.1, 0.15) is 10.6 Å². The van der Waals surface area contributed by atoms with Crippen LogP contribution in [0.15, 0.2) is 75.7 Å². The summed E-state index contributed by atoms with van der Waals surface area (Å²) in [6, 6.07) is 17.7. The molecular formula is C24H21N5O2S2. The first-order valence-corrected chi connectivity index (χ1v) is 12.2. The van der Waals surface area contributed by atoms with Crippen molar-refractivity contribution in [1.29, 1.82) is 0 Å². The highest BCUT2D eigenvalue weighted by Gasteiger charge is 2.21. The van der Waals surface area contributed by atoms with E-state index in [2.05, 4.69) is 26.7 Å². The molecule has 9 heteroatoms. The Balaban J connectivity index is 1.35. The van der Waals surface area contributed by atoms with Crippen LogP contribution in [0.4, 0.5) is 0 Å². The molecule has 1 N–H and O–H groups in total. The van der Waals surface area contributed by atoms with Crippen LogP contribution >= 0.6 is 23.1 Å². The van der Waals surface area contributed by atoms with Gasteiger partial charge >= 0.3 is 0 Å². The predicted octanol–water partition coefficient (Wildman–Crippen LogP) is 5.06. The van der Waals surface area contributed by atoms with Gasteiger partial charge < -0.3 is 9.73 Å². The molecule has 0 bridgehead atoms. The van der Waals surface area contributed by atoms with E-state index in [4.69, 9.17) is 4.42 Å². The zero-order valence-electron chi connectivity index (χ0n) is 17.9. The summed E-state index contributed by atoms with van der Waals surface area (Å²) in [5, 5.41) is 17.4. The highest BCUT2D eigenvalue weighted by molar-refractivity contribution is 8.00. The van der Waals surface area contributed by atoms with Crippen LogP contribution in [0.2, 0.25) is 0 Å². The Morgan fingerprint density at radius 2 is 1.91 bits per heavy atom. The molecule has 2 aromatic carbocycles. The SMILES string of the molecule is Cc1nnc(SCc2c(C(=O)NCc3ccccc3Cn3cccn3)oc3ccccc23)s1. The standard InChI is InChI=1S/C24H21N5O2S2/c1-16-27-28-24(33-16)32-15-20-19-9-4-5-10-21(19)31-22(20)23(30)25-13-17-7-2-3-8-18(17)14-29-12-6-11-26-29/h2-12H,13-15H2,1H3,(H,25,30). The summed E-state index contributed by atoms with van der Waals surface area (Å²) in [6.07, 6.45) is 3.68. The molecule has 0 atom stereocenters. The average Bonchev–Trinajstić information content (AvgIpc) is 3.57. The summed E-state index contributed by atoms with van der Waals surface area (Å²) in [5.41, 5.74) is 3.71. The molecule has 0 fully saturated rings. The minimum absolute atomic E-state index is 0.232. The lowest BCUT2D eigenvalue weighted by molar-refractivity contribution is 0.0924. The summed E-state index contributed by atoms with van der Waals surface area (Å²) in [4.78, 5) is 13.2. The van der Waals surface area contributed by atoms with E-state index in [1.54, 1.807) is 29.3 Å². The Labute approximate surface area is 198 Å². The van der Waals surface area contributed by atoms with E-state index in [0.29, 0.717) is 30.2 Å². The van der Waals surface area contributed by atoms with Gasteiger partial charge in [0.05, 0.1) is 6.54 Å². The summed E-state index contributed by atoms with van der Waals surface area (Å²) < 4.78 is 8.72. The molecule has 0 aliphatic carbocycles. The number of hydrogen-bond acceptors (Lipinski definition) is 7. The maximum Gasteiger partial charge on any atom is 0.287 e. The van der Waals surface area contributed by atoms with Gasteiger partial charge in [0.15, 0.2) is 10.1 Å². The van der Waals surface area contributed by atoms with Crippen molar-refractivity contribution in [3.05, 3.63) is 94.4 Å². The van der Waals surface area contributed by atoms with Crippen molar-refractivity contribution in [2.45, 2.75) is 30.1 Å². The number of amides is 1. The smallest absolute Gasteiger partial charge is 0.287 e. The summed E-state index contributed by atoms with van der Waals surface area (Å²) in [5.74, 6) is 0.684. The van der Waals surface area contributed by atoms with Crippen LogP contribution in [-0.2, 0) is 18.8 Å². The molecule has 1 amide bonds.